The van der Waals surface area contributed by atoms with E-state index >= 15 is 0 Å². The topological polar surface area (TPSA) is 88.2 Å². The molecule has 2 aromatic heterocycles. The van der Waals surface area contributed by atoms with Gasteiger partial charge in [-0.15, -0.1) is 0 Å². The minimum absolute atomic E-state index is 0.0145. The highest BCUT2D eigenvalue weighted by molar-refractivity contribution is 5.89. The highest BCUT2D eigenvalue weighted by Gasteiger charge is 2.41. The third kappa shape index (κ3) is 3.28. The summed E-state index contributed by atoms with van der Waals surface area (Å²) in [6.07, 6.45) is 3.16. The number of aromatic nitrogens is 3. The number of nitrogens with one attached hydrogen (secondary N) is 2. The van der Waals surface area contributed by atoms with Gasteiger partial charge in [0.1, 0.15) is 17.1 Å². The number of hydrogen-bond donors (Lipinski definition) is 2. The molecule has 2 N–H and O–H groups in total. The summed E-state index contributed by atoms with van der Waals surface area (Å²) in [5.74, 6) is 1.68. The maximum atomic E-state index is 12.5. The smallest absolute Gasteiger partial charge is 0.245 e. The molecule has 1 aliphatic rings. The van der Waals surface area contributed by atoms with E-state index in [1.807, 2.05) is 26.1 Å². The van der Waals surface area contributed by atoms with Crippen molar-refractivity contribution in [2.75, 3.05) is 25.5 Å². The van der Waals surface area contributed by atoms with Gasteiger partial charge in [-0.25, -0.2) is 0 Å². The van der Waals surface area contributed by atoms with E-state index in [0.717, 1.165) is 36.9 Å². The SMILES string of the molecule is CNC(=O)C1(Nc2ccnn2C)CCN(Cc2cc(C)on2)CC1. The van der Waals surface area contributed by atoms with Crippen LogP contribution in [-0.4, -0.2) is 51.4 Å². The molecule has 3 rings (SSSR count). The van der Waals surface area contributed by atoms with E-state index in [9.17, 15) is 4.79 Å². The number of anilines is 1. The molecular formula is C16H24N6O2. The van der Waals surface area contributed by atoms with E-state index in [0.29, 0.717) is 12.8 Å². The predicted molar refractivity (Wildman–Crippen MR) is 89.4 cm³/mol. The normalized spacial score (nSPS) is 17.6. The molecule has 2 aromatic rings. The molecule has 3 heterocycles. The van der Waals surface area contributed by atoms with Gasteiger partial charge in [0.2, 0.25) is 5.91 Å². The van der Waals surface area contributed by atoms with Crippen molar-refractivity contribution in [2.45, 2.75) is 31.8 Å². The molecule has 1 saturated heterocycles. The van der Waals surface area contributed by atoms with Gasteiger partial charge in [0, 0.05) is 45.9 Å². The second-order valence-electron chi connectivity index (χ2n) is 6.33. The number of piperidine rings is 1. The fraction of sp³-hybridized carbons (Fsp3) is 0.562. The minimum atomic E-state index is -0.612. The van der Waals surface area contributed by atoms with Crippen molar-refractivity contribution < 1.29 is 9.32 Å². The molecule has 1 amide bonds. The van der Waals surface area contributed by atoms with Crippen molar-refractivity contribution in [3.05, 3.63) is 29.8 Å². The fourth-order valence-electron chi connectivity index (χ4n) is 3.20. The summed E-state index contributed by atoms with van der Waals surface area (Å²) in [5.41, 5.74) is 0.318. The van der Waals surface area contributed by atoms with Gasteiger partial charge in [0.25, 0.3) is 0 Å². The lowest BCUT2D eigenvalue weighted by Gasteiger charge is -2.41. The monoisotopic (exact) mass is 332 g/mol. The molecule has 130 valence electrons. The summed E-state index contributed by atoms with van der Waals surface area (Å²) in [4.78, 5) is 14.8. The minimum Gasteiger partial charge on any atom is -0.361 e. The molecule has 0 spiro atoms. The van der Waals surface area contributed by atoms with Gasteiger partial charge in [-0.05, 0) is 19.8 Å². The zero-order valence-corrected chi connectivity index (χ0v) is 14.4. The Bertz CT molecular complexity index is 699. The standard InChI is InChI=1S/C16H24N6O2/c1-12-10-13(20-24-12)11-22-8-5-16(6-9-22,15(23)17-2)19-14-4-7-18-21(14)3/h4,7,10,19H,5-6,8-9,11H2,1-3H3,(H,17,23). The zero-order chi connectivity index (χ0) is 17.2. The molecule has 8 nitrogen and oxygen atoms in total. The van der Waals surface area contributed by atoms with Crippen molar-refractivity contribution >= 4 is 11.7 Å². The Labute approximate surface area is 141 Å². The van der Waals surface area contributed by atoms with E-state index in [1.54, 1.807) is 17.9 Å². The van der Waals surface area contributed by atoms with Gasteiger partial charge in [-0.1, -0.05) is 5.16 Å². The Balaban J connectivity index is 1.68. The Morgan fingerprint density at radius 3 is 2.71 bits per heavy atom. The van der Waals surface area contributed by atoms with Gasteiger partial charge in [-0.2, -0.15) is 5.10 Å². The first kappa shape index (κ1) is 16.5. The lowest BCUT2D eigenvalue weighted by molar-refractivity contribution is -0.126. The van der Waals surface area contributed by atoms with Crippen LogP contribution in [0.3, 0.4) is 0 Å². The summed E-state index contributed by atoms with van der Waals surface area (Å²) < 4.78 is 6.87. The number of amides is 1. The maximum Gasteiger partial charge on any atom is 0.245 e. The van der Waals surface area contributed by atoms with E-state index in [-0.39, 0.29) is 5.91 Å². The molecule has 8 heteroatoms. The first-order chi connectivity index (χ1) is 11.5. The molecule has 0 unspecified atom stereocenters. The van der Waals surface area contributed by atoms with Crippen molar-refractivity contribution in [3.8, 4) is 0 Å². The summed E-state index contributed by atoms with van der Waals surface area (Å²) in [6, 6.07) is 3.84. The third-order valence-electron chi connectivity index (χ3n) is 4.62. The third-order valence-corrected chi connectivity index (χ3v) is 4.62. The van der Waals surface area contributed by atoms with Crippen LogP contribution in [0.1, 0.15) is 24.3 Å². The second-order valence-corrected chi connectivity index (χ2v) is 6.33. The molecule has 0 saturated carbocycles. The van der Waals surface area contributed by atoms with Crippen LogP contribution in [0.2, 0.25) is 0 Å². The largest absolute Gasteiger partial charge is 0.361 e. The number of aryl methyl sites for hydroxylation is 2. The fourth-order valence-corrected chi connectivity index (χ4v) is 3.20. The van der Waals surface area contributed by atoms with Crippen LogP contribution in [0.4, 0.5) is 5.82 Å². The maximum absolute atomic E-state index is 12.5. The Morgan fingerprint density at radius 2 is 2.17 bits per heavy atom. The Morgan fingerprint density at radius 1 is 1.42 bits per heavy atom. The van der Waals surface area contributed by atoms with Crippen molar-refractivity contribution in [3.63, 3.8) is 0 Å². The molecule has 0 aromatic carbocycles. The molecule has 0 aliphatic carbocycles. The molecular weight excluding hydrogens is 308 g/mol. The number of rotatable bonds is 5. The molecule has 1 fully saturated rings. The van der Waals surface area contributed by atoms with Crippen LogP contribution < -0.4 is 10.6 Å². The number of likely N-dealkylation sites (tertiary alicyclic amines) is 1. The van der Waals surface area contributed by atoms with Gasteiger partial charge in [0.15, 0.2) is 0 Å². The van der Waals surface area contributed by atoms with Crippen LogP contribution in [0.25, 0.3) is 0 Å². The quantitative estimate of drug-likeness (QED) is 0.846. The number of hydrogen-bond acceptors (Lipinski definition) is 6. The van der Waals surface area contributed by atoms with Crippen LogP contribution >= 0.6 is 0 Å². The lowest BCUT2D eigenvalue weighted by Crippen LogP contribution is -2.57. The van der Waals surface area contributed by atoms with Crippen LogP contribution in [0.15, 0.2) is 22.9 Å². The van der Waals surface area contributed by atoms with E-state index in [1.165, 1.54) is 0 Å². The molecule has 0 atom stereocenters. The van der Waals surface area contributed by atoms with E-state index < -0.39 is 5.54 Å². The number of likely N-dealkylation sites (N-methyl/N-ethyl adjacent to an activating group) is 1. The highest BCUT2D eigenvalue weighted by atomic mass is 16.5. The van der Waals surface area contributed by atoms with E-state index in [4.69, 9.17) is 4.52 Å². The molecule has 0 radical (unpaired) electrons. The number of carbonyl (C=O) groups excluding carboxylic acids is 1. The average molecular weight is 332 g/mol. The van der Waals surface area contributed by atoms with Crippen molar-refractivity contribution in [1.82, 2.24) is 25.2 Å². The predicted octanol–water partition coefficient (Wildman–Crippen LogP) is 0.909. The molecule has 1 aliphatic heterocycles. The van der Waals surface area contributed by atoms with Crippen LogP contribution in [0, 0.1) is 6.92 Å². The highest BCUT2D eigenvalue weighted by Crippen LogP contribution is 2.28. The molecule has 0 bridgehead atoms. The number of nitrogens with zero attached hydrogens (tertiary/aromatic N) is 4. The summed E-state index contributed by atoms with van der Waals surface area (Å²) in [5, 5.41) is 14.4. The zero-order valence-electron chi connectivity index (χ0n) is 14.4. The summed E-state index contributed by atoms with van der Waals surface area (Å²) in [7, 11) is 3.54. The number of carbonyl (C=O) groups is 1. The van der Waals surface area contributed by atoms with Crippen LogP contribution in [-0.2, 0) is 18.4 Å². The van der Waals surface area contributed by atoms with Crippen LogP contribution in [0.5, 0.6) is 0 Å². The van der Waals surface area contributed by atoms with Gasteiger partial charge >= 0.3 is 0 Å². The van der Waals surface area contributed by atoms with Gasteiger partial charge < -0.3 is 15.2 Å². The van der Waals surface area contributed by atoms with Crippen molar-refractivity contribution in [1.29, 1.82) is 0 Å². The van der Waals surface area contributed by atoms with Gasteiger partial charge in [-0.3, -0.25) is 14.4 Å². The first-order valence-corrected chi connectivity index (χ1v) is 8.15. The Kier molecular flexibility index (Phi) is 4.57. The van der Waals surface area contributed by atoms with Crippen molar-refractivity contribution in [2.24, 2.45) is 7.05 Å². The summed E-state index contributed by atoms with van der Waals surface area (Å²) >= 11 is 0. The summed E-state index contributed by atoms with van der Waals surface area (Å²) in [6.45, 7) is 4.25. The molecule has 24 heavy (non-hydrogen) atoms. The Hall–Kier alpha value is -2.35. The van der Waals surface area contributed by atoms with Gasteiger partial charge in [0.05, 0.1) is 11.9 Å². The lowest BCUT2D eigenvalue weighted by atomic mass is 9.86. The average Bonchev–Trinajstić information content (AvgIpc) is 3.17. The first-order valence-electron chi connectivity index (χ1n) is 8.15. The second kappa shape index (κ2) is 6.64. The van der Waals surface area contributed by atoms with E-state index in [2.05, 4.69) is 25.8 Å².